The number of esters is 1. The summed E-state index contributed by atoms with van der Waals surface area (Å²) in [6, 6.07) is 22.6. The van der Waals surface area contributed by atoms with Crippen molar-refractivity contribution >= 4 is 17.9 Å². The molecule has 0 amide bonds. The minimum absolute atomic E-state index is 0.226. The van der Waals surface area contributed by atoms with Crippen molar-refractivity contribution in [3.63, 3.8) is 0 Å². The molecule has 0 aliphatic heterocycles. The van der Waals surface area contributed by atoms with Crippen LogP contribution in [0.4, 0.5) is 5.69 Å². The van der Waals surface area contributed by atoms with E-state index in [0.29, 0.717) is 17.9 Å². The van der Waals surface area contributed by atoms with Gasteiger partial charge < -0.3 is 14.2 Å². The van der Waals surface area contributed by atoms with E-state index >= 15 is 0 Å². The van der Waals surface area contributed by atoms with Gasteiger partial charge in [-0.25, -0.2) is 0 Å². The van der Waals surface area contributed by atoms with Gasteiger partial charge in [0.15, 0.2) is 11.5 Å². The number of hydrogen-bond acceptors (Lipinski definition) is 5. The van der Waals surface area contributed by atoms with Gasteiger partial charge in [0, 0.05) is 12.6 Å². The van der Waals surface area contributed by atoms with Crippen LogP contribution in [0.1, 0.15) is 63.9 Å². The molecule has 0 bridgehead atoms. The van der Waals surface area contributed by atoms with Crippen molar-refractivity contribution in [1.29, 1.82) is 0 Å². The highest BCUT2D eigenvalue weighted by Crippen LogP contribution is 2.29. The maximum Gasteiger partial charge on any atom is 0.311 e. The van der Waals surface area contributed by atoms with E-state index in [0.717, 1.165) is 35.6 Å². The summed E-state index contributed by atoms with van der Waals surface area (Å²) in [5.41, 5.74) is 1.65. The van der Waals surface area contributed by atoms with Crippen LogP contribution in [0, 0.1) is 0 Å². The molecule has 0 spiro atoms. The number of benzene rings is 3. The molecule has 5 nitrogen and oxygen atoms in total. The first kappa shape index (κ1) is 26.0. The molecular formula is C30H35NO4. The summed E-state index contributed by atoms with van der Waals surface area (Å²) in [6.45, 7) is 2.21. The van der Waals surface area contributed by atoms with Crippen molar-refractivity contribution in [2.45, 2.75) is 58.3 Å². The van der Waals surface area contributed by atoms with E-state index in [1.807, 2.05) is 66.7 Å². The molecule has 0 aromatic heterocycles. The first-order valence-corrected chi connectivity index (χ1v) is 12.4. The molecule has 0 saturated heterocycles. The van der Waals surface area contributed by atoms with Crippen LogP contribution in [0.15, 0.2) is 77.8 Å². The number of carbonyl (C=O) groups excluding carboxylic acids is 1. The van der Waals surface area contributed by atoms with E-state index in [1.54, 1.807) is 19.4 Å². The van der Waals surface area contributed by atoms with Crippen molar-refractivity contribution in [3.05, 3.63) is 78.4 Å². The predicted octanol–water partition coefficient (Wildman–Crippen LogP) is 8.28. The number of methoxy groups -OCH3 is 1. The summed E-state index contributed by atoms with van der Waals surface area (Å²) in [7, 11) is 1.56. The maximum atomic E-state index is 12.2. The fourth-order valence-corrected chi connectivity index (χ4v) is 3.62. The zero-order chi connectivity index (χ0) is 24.7. The van der Waals surface area contributed by atoms with Crippen molar-refractivity contribution in [2.24, 2.45) is 4.99 Å². The van der Waals surface area contributed by atoms with Crippen molar-refractivity contribution in [2.75, 3.05) is 7.11 Å². The Kier molecular flexibility index (Phi) is 10.9. The van der Waals surface area contributed by atoms with E-state index in [1.165, 1.54) is 32.1 Å². The van der Waals surface area contributed by atoms with Crippen LogP contribution in [0.5, 0.6) is 23.0 Å². The minimum atomic E-state index is -0.226. The number of rotatable bonds is 14. The van der Waals surface area contributed by atoms with Crippen LogP contribution < -0.4 is 14.2 Å². The molecule has 3 aromatic rings. The van der Waals surface area contributed by atoms with Gasteiger partial charge in [-0.2, -0.15) is 0 Å². The largest absolute Gasteiger partial charge is 0.493 e. The first-order chi connectivity index (χ1) is 17.2. The zero-order valence-electron chi connectivity index (χ0n) is 20.7. The summed E-state index contributed by atoms with van der Waals surface area (Å²) in [4.78, 5) is 16.8. The molecule has 0 saturated carbocycles. The standard InChI is InChI=1S/C30H35NO4/c1-3-4-5-6-7-8-12-15-30(32)35-28-21-16-24(22-29(28)33-2)23-31-25-17-19-27(20-18-25)34-26-13-10-9-11-14-26/h9-11,13-14,16-23H,3-8,12,15H2,1-2H3. The Morgan fingerprint density at radius 1 is 0.800 bits per heavy atom. The molecule has 184 valence electrons. The SMILES string of the molecule is CCCCCCCCCC(=O)Oc1ccc(C=Nc2ccc(Oc3ccccc3)cc2)cc1OC. The molecule has 0 fully saturated rings. The van der Waals surface area contributed by atoms with Crippen LogP contribution >= 0.6 is 0 Å². The third kappa shape index (κ3) is 9.28. The topological polar surface area (TPSA) is 57.1 Å². The second-order valence-corrected chi connectivity index (χ2v) is 8.42. The number of para-hydroxylation sites is 1. The van der Waals surface area contributed by atoms with E-state index < -0.39 is 0 Å². The summed E-state index contributed by atoms with van der Waals surface area (Å²) in [5.74, 6) is 2.25. The van der Waals surface area contributed by atoms with Gasteiger partial charge in [-0.3, -0.25) is 9.79 Å². The lowest BCUT2D eigenvalue weighted by atomic mass is 10.1. The van der Waals surface area contributed by atoms with Crippen LogP contribution in [-0.2, 0) is 4.79 Å². The second-order valence-electron chi connectivity index (χ2n) is 8.42. The molecule has 0 N–H and O–H groups in total. The lowest BCUT2D eigenvalue weighted by Crippen LogP contribution is -2.08. The molecule has 3 rings (SSSR count). The Hall–Kier alpha value is -3.60. The highest BCUT2D eigenvalue weighted by Gasteiger charge is 2.10. The number of unbranched alkanes of at least 4 members (excludes halogenated alkanes) is 6. The highest BCUT2D eigenvalue weighted by molar-refractivity contribution is 5.83. The maximum absolute atomic E-state index is 12.2. The third-order valence-electron chi connectivity index (χ3n) is 5.57. The fourth-order valence-electron chi connectivity index (χ4n) is 3.62. The fraction of sp³-hybridized carbons (Fsp3) is 0.333. The Balaban J connectivity index is 1.49. The Morgan fingerprint density at radius 3 is 2.20 bits per heavy atom. The van der Waals surface area contributed by atoms with Crippen LogP contribution in [-0.4, -0.2) is 19.3 Å². The highest BCUT2D eigenvalue weighted by atomic mass is 16.6. The van der Waals surface area contributed by atoms with E-state index in [9.17, 15) is 4.79 Å². The number of aliphatic imine (C=N–C) groups is 1. The van der Waals surface area contributed by atoms with Gasteiger partial charge in [0.25, 0.3) is 0 Å². The molecule has 0 radical (unpaired) electrons. The Bertz CT molecular complexity index is 1060. The molecule has 0 aliphatic carbocycles. The van der Waals surface area contributed by atoms with Gasteiger partial charge in [-0.15, -0.1) is 0 Å². The zero-order valence-corrected chi connectivity index (χ0v) is 20.7. The van der Waals surface area contributed by atoms with Gasteiger partial charge in [-0.1, -0.05) is 63.6 Å². The van der Waals surface area contributed by atoms with Crippen LogP contribution in [0.25, 0.3) is 0 Å². The quantitative estimate of drug-likeness (QED) is 0.102. The van der Waals surface area contributed by atoms with E-state index in [2.05, 4.69) is 11.9 Å². The van der Waals surface area contributed by atoms with Crippen molar-refractivity contribution in [1.82, 2.24) is 0 Å². The van der Waals surface area contributed by atoms with Gasteiger partial charge in [0.2, 0.25) is 0 Å². The molecule has 3 aromatic carbocycles. The predicted molar refractivity (Wildman–Crippen MR) is 141 cm³/mol. The summed E-state index contributed by atoms with van der Waals surface area (Å²) in [5, 5.41) is 0. The van der Waals surface area contributed by atoms with Crippen LogP contribution in [0.3, 0.4) is 0 Å². The third-order valence-corrected chi connectivity index (χ3v) is 5.57. The monoisotopic (exact) mass is 473 g/mol. The average molecular weight is 474 g/mol. The number of nitrogens with zero attached hydrogens (tertiary/aromatic N) is 1. The lowest BCUT2D eigenvalue weighted by Gasteiger charge is -2.10. The summed E-state index contributed by atoms with van der Waals surface area (Å²) >= 11 is 0. The number of carbonyl (C=O) groups is 1. The van der Waals surface area contributed by atoms with Gasteiger partial charge in [0.1, 0.15) is 11.5 Å². The second kappa shape index (κ2) is 14.6. The molecule has 0 unspecified atom stereocenters. The molecule has 0 atom stereocenters. The molecule has 0 heterocycles. The van der Waals surface area contributed by atoms with Gasteiger partial charge in [0.05, 0.1) is 12.8 Å². The summed E-state index contributed by atoms with van der Waals surface area (Å²) in [6.07, 6.45) is 10.3. The van der Waals surface area contributed by atoms with E-state index in [-0.39, 0.29) is 5.97 Å². The first-order valence-electron chi connectivity index (χ1n) is 12.4. The van der Waals surface area contributed by atoms with Gasteiger partial charge >= 0.3 is 5.97 Å². The number of ether oxygens (including phenoxy) is 3. The average Bonchev–Trinajstić information content (AvgIpc) is 2.89. The van der Waals surface area contributed by atoms with Crippen LogP contribution in [0.2, 0.25) is 0 Å². The van der Waals surface area contributed by atoms with Crippen molar-refractivity contribution < 1.29 is 19.0 Å². The normalized spacial score (nSPS) is 10.9. The number of hydrogen-bond donors (Lipinski definition) is 0. The summed E-state index contributed by atoms with van der Waals surface area (Å²) < 4.78 is 16.8. The van der Waals surface area contributed by atoms with Crippen molar-refractivity contribution in [3.8, 4) is 23.0 Å². The van der Waals surface area contributed by atoms with E-state index in [4.69, 9.17) is 14.2 Å². The molecule has 35 heavy (non-hydrogen) atoms. The molecular weight excluding hydrogens is 438 g/mol. The molecule has 0 aliphatic rings. The van der Waals surface area contributed by atoms with Gasteiger partial charge in [-0.05, 0) is 66.6 Å². The Morgan fingerprint density at radius 2 is 1.49 bits per heavy atom. The minimum Gasteiger partial charge on any atom is -0.493 e. The lowest BCUT2D eigenvalue weighted by molar-refractivity contribution is -0.134. The Labute approximate surface area is 208 Å². The molecule has 5 heteroatoms. The smallest absolute Gasteiger partial charge is 0.311 e.